The Labute approximate surface area is 159 Å². The topological polar surface area (TPSA) is 69.8 Å². The van der Waals surface area contributed by atoms with Crippen LogP contribution >= 0.6 is 0 Å². The van der Waals surface area contributed by atoms with Gasteiger partial charge < -0.3 is 14.5 Å². The molecule has 1 amide bonds. The van der Waals surface area contributed by atoms with E-state index < -0.39 is 5.60 Å². The van der Waals surface area contributed by atoms with E-state index in [1.165, 1.54) is 0 Å². The van der Waals surface area contributed by atoms with Crippen LogP contribution in [0.5, 0.6) is 0 Å². The maximum Gasteiger partial charge on any atom is 0.230 e. The quantitative estimate of drug-likeness (QED) is 0.894. The van der Waals surface area contributed by atoms with Gasteiger partial charge in [0.15, 0.2) is 0 Å². The molecule has 0 aliphatic carbocycles. The Morgan fingerprint density at radius 1 is 1.26 bits per heavy atom. The number of hydrogen-bond acceptors (Lipinski definition) is 5. The highest BCUT2D eigenvalue weighted by Crippen LogP contribution is 2.37. The fraction of sp³-hybridized carbons (Fsp3) is 0.524. The molecule has 0 saturated carbocycles. The highest BCUT2D eigenvalue weighted by Gasteiger charge is 2.47. The number of aliphatic hydroxyl groups is 1. The summed E-state index contributed by atoms with van der Waals surface area (Å²) in [4.78, 5) is 17.0. The second-order valence-corrected chi connectivity index (χ2v) is 7.75. The molecule has 2 aliphatic rings. The fourth-order valence-electron chi connectivity index (χ4n) is 4.44. The highest BCUT2D eigenvalue weighted by atomic mass is 16.5. The molecule has 2 atom stereocenters. The van der Waals surface area contributed by atoms with Gasteiger partial charge in [-0.2, -0.15) is 0 Å². The van der Waals surface area contributed by atoms with E-state index in [9.17, 15) is 9.90 Å². The molecule has 6 heteroatoms. The zero-order valence-corrected chi connectivity index (χ0v) is 15.8. The van der Waals surface area contributed by atoms with Crippen molar-refractivity contribution < 1.29 is 14.4 Å². The Morgan fingerprint density at radius 2 is 2.00 bits per heavy atom. The van der Waals surface area contributed by atoms with Gasteiger partial charge in [-0.1, -0.05) is 35.5 Å². The van der Waals surface area contributed by atoms with Crippen LogP contribution in [0.15, 0.2) is 40.9 Å². The van der Waals surface area contributed by atoms with Gasteiger partial charge in [-0.05, 0) is 44.8 Å². The Bertz CT molecular complexity index is 785. The van der Waals surface area contributed by atoms with Crippen molar-refractivity contribution in [2.24, 2.45) is 0 Å². The minimum atomic E-state index is -0.925. The second kappa shape index (κ2) is 7.44. The standard InChI is InChI=1S/C21H27N3O3/c1-16-13-18(27-22-16)14-20(25)24-12-9-21(26,17-7-3-2-4-8-17)19(15-24)23-10-5-6-11-23/h2-4,7-8,13,19,26H,5-6,9-12,14-15H2,1H3/t19-,21+/m1/s1. The second-order valence-electron chi connectivity index (χ2n) is 7.75. The number of amides is 1. The van der Waals surface area contributed by atoms with Crippen LogP contribution in [0.4, 0.5) is 0 Å². The van der Waals surface area contributed by atoms with E-state index in [4.69, 9.17) is 4.52 Å². The molecule has 1 aromatic heterocycles. The number of piperidine rings is 1. The van der Waals surface area contributed by atoms with E-state index in [0.717, 1.165) is 37.2 Å². The molecule has 0 unspecified atom stereocenters. The zero-order valence-electron chi connectivity index (χ0n) is 15.8. The monoisotopic (exact) mass is 369 g/mol. The van der Waals surface area contributed by atoms with Crippen LogP contribution in [-0.2, 0) is 16.8 Å². The van der Waals surface area contributed by atoms with E-state index in [1.807, 2.05) is 42.2 Å². The number of aryl methyl sites for hydroxylation is 1. The van der Waals surface area contributed by atoms with Crippen molar-refractivity contribution in [2.75, 3.05) is 26.2 Å². The number of hydrogen-bond donors (Lipinski definition) is 1. The molecule has 144 valence electrons. The lowest BCUT2D eigenvalue weighted by Crippen LogP contribution is -2.61. The molecule has 0 spiro atoms. The van der Waals surface area contributed by atoms with Gasteiger partial charge in [0, 0.05) is 19.2 Å². The Morgan fingerprint density at radius 3 is 2.67 bits per heavy atom. The molecular weight excluding hydrogens is 342 g/mol. The van der Waals surface area contributed by atoms with Crippen molar-refractivity contribution in [3.63, 3.8) is 0 Å². The Kier molecular flexibility index (Phi) is 5.02. The summed E-state index contributed by atoms with van der Waals surface area (Å²) in [5.74, 6) is 0.629. The zero-order chi connectivity index (χ0) is 18.9. The van der Waals surface area contributed by atoms with Crippen molar-refractivity contribution in [3.8, 4) is 0 Å². The summed E-state index contributed by atoms with van der Waals surface area (Å²) in [6.07, 6.45) is 3.05. The maximum atomic E-state index is 12.8. The van der Waals surface area contributed by atoms with Crippen LogP contribution in [0, 0.1) is 6.92 Å². The summed E-state index contributed by atoms with van der Waals surface area (Å²) in [7, 11) is 0. The van der Waals surface area contributed by atoms with E-state index >= 15 is 0 Å². The minimum absolute atomic E-state index is 0.0328. The third kappa shape index (κ3) is 3.64. The summed E-state index contributed by atoms with van der Waals surface area (Å²) >= 11 is 0. The van der Waals surface area contributed by atoms with E-state index in [1.54, 1.807) is 6.07 Å². The van der Waals surface area contributed by atoms with Crippen molar-refractivity contribution in [1.82, 2.24) is 15.0 Å². The van der Waals surface area contributed by atoms with Gasteiger partial charge in [-0.15, -0.1) is 0 Å². The molecule has 27 heavy (non-hydrogen) atoms. The molecule has 2 fully saturated rings. The minimum Gasteiger partial charge on any atom is -0.383 e. The third-order valence-corrected chi connectivity index (χ3v) is 5.92. The van der Waals surface area contributed by atoms with Crippen LogP contribution in [0.3, 0.4) is 0 Å². The number of carbonyl (C=O) groups is 1. The van der Waals surface area contributed by atoms with Crippen molar-refractivity contribution in [2.45, 2.75) is 44.2 Å². The molecule has 6 nitrogen and oxygen atoms in total. The molecule has 3 heterocycles. The first-order valence-electron chi connectivity index (χ1n) is 9.78. The van der Waals surface area contributed by atoms with E-state index in [0.29, 0.717) is 25.3 Å². The maximum absolute atomic E-state index is 12.8. The van der Waals surface area contributed by atoms with Crippen molar-refractivity contribution in [3.05, 3.63) is 53.4 Å². The van der Waals surface area contributed by atoms with Gasteiger partial charge in [0.2, 0.25) is 5.91 Å². The molecule has 1 N–H and O–H groups in total. The number of likely N-dealkylation sites (tertiary alicyclic amines) is 2. The van der Waals surface area contributed by atoms with Crippen LogP contribution < -0.4 is 0 Å². The summed E-state index contributed by atoms with van der Waals surface area (Å²) in [6, 6.07) is 11.6. The molecule has 4 rings (SSSR count). The molecule has 1 aromatic carbocycles. The van der Waals surface area contributed by atoms with E-state index in [2.05, 4.69) is 10.1 Å². The fourth-order valence-corrected chi connectivity index (χ4v) is 4.44. The van der Waals surface area contributed by atoms with E-state index in [-0.39, 0.29) is 18.4 Å². The summed E-state index contributed by atoms with van der Waals surface area (Å²) in [5.41, 5.74) is 0.801. The first kappa shape index (κ1) is 18.2. The summed E-state index contributed by atoms with van der Waals surface area (Å²) in [5, 5.41) is 15.5. The molecular formula is C21H27N3O3. The first-order valence-corrected chi connectivity index (χ1v) is 9.78. The third-order valence-electron chi connectivity index (χ3n) is 5.92. The van der Waals surface area contributed by atoms with Crippen molar-refractivity contribution in [1.29, 1.82) is 0 Å². The molecule has 2 aliphatic heterocycles. The number of benzene rings is 1. The molecule has 0 bridgehead atoms. The lowest BCUT2D eigenvalue weighted by Gasteiger charge is -2.48. The Balaban J connectivity index is 1.54. The number of aromatic nitrogens is 1. The van der Waals surface area contributed by atoms with Gasteiger partial charge in [-0.3, -0.25) is 9.69 Å². The molecule has 2 saturated heterocycles. The predicted octanol–water partition coefficient (Wildman–Crippen LogP) is 2.11. The number of rotatable bonds is 4. The lowest BCUT2D eigenvalue weighted by molar-refractivity contribution is -0.142. The van der Waals surface area contributed by atoms with Gasteiger partial charge in [0.05, 0.1) is 18.2 Å². The SMILES string of the molecule is Cc1cc(CC(=O)N2CC[C@](O)(c3ccccc3)[C@H](N3CCCC3)C2)on1. The number of carbonyl (C=O) groups excluding carboxylic acids is 1. The van der Waals surface area contributed by atoms with Crippen LogP contribution in [0.25, 0.3) is 0 Å². The normalized spacial score (nSPS) is 26.4. The first-order chi connectivity index (χ1) is 13.1. The Hall–Kier alpha value is -2.18. The van der Waals surface area contributed by atoms with Crippen molar-refractivity contribution >= 4 is 5.91 Å². The largest absolute Gasteiger partial charge is 0.383 e. The van der Waals surface area contributed by atoms with Gasteiger partial charge in [-0.25, -0.2) is 0 Å². The smallest absolute Gasteiger partial charge is 0.230 e. The lowest BCUT2D eigenvalue weighted by atomic mass is 9.79. The molecule has 2 aromatic rings. The predicted molar refractivity (Wildman–Crippen MR) is 101 cm³/mol. The van der Waals surface area contributed by atoms with Gasteiger partial charge in [0.25, 0.3) is 0 Å². The highest BCUT2D eigenvalue weighted by molar-refractivity contribution is 5.78. The summed E-state index contributed by atoms with van der Waals surface area (Å²) in [6.45, 7) is 4.88. The number of nitrogens with zero attached hydrogens (tertiary/aromatic N) is 3. The average Bonchev–Trinajstić information content (AvgIpc) is 3.35. The van der Waals surface area contributed by atoms with Gasteiger partial charge in [0.1, 0.15) is 11.4 Å². The van der Waals surface area contributed by atoms with Crippen LogP contribution in [-0.4, -0.2) is 58.2 Å². The van der Waals surface area contributed by atoms with Crippen LogP contribution in [0.1, 0.15) is 36.3 Å². The van der Waals surface area contributed by atoms with Gasteiger partial charge >= 0.3 is 0 Å². The average molecular weight is 369 g/mol. The summed E-state index contributed by atoms with van der Waals surface area (Å²) < 4.78 is 5.21. The van der Waals surface area contributed by atoms with Crippen LogP contribution in [0.2, 0.25) is 0 Å². The molecule has 0 radical (unpaired) electrons.